The van der Waals surface area contributed by atoms with E-state index in [1.807, 2.05) is 25.5 Å². The fourth-order valence-electron chi connectivity index (χ4n) is 1.90. The Balaban J connectivity index is 2.20. The molecule has 19 heavy (non-hydrogen) atoms. The van der Waals surface area contributed by atoms with Crippen LogP contribution >= 0.6 is 11.8 Å². The summed E-state index contributed by atoms with van der Waals surface area (Å²) in [5.74, 6) is 0.925. The monoisotopic (exact) mass is 276 g/mol. The molecule has 1 unspecified atom stereocenters. The van der Waals surface area contributed by atoms with Crippen LogP contribution in [-0.2, 0) is 13.5 Å². The molecule has 1 aromatic carbocycles. The van der Waals surface area contributed by atoms with Crippen molar-refractivity contribution in [2.24, 2.45) is 12.8 Å². The summed E-state index contributed by atoms with van der Waals surface area (Å²) in [4.78, 5) is 1.21. The van der Waals surface area contributed by atoms with Crippen molar-refractivity contribution in [3.63, 3.8) is 0 Å². The Bertz CT molecular complexity index is 575. The number of aryl methyl sites for hydroxylation is 2. The van der Waals surface area contributed by atoms with Crippen LogP contribution < -0.4 is 5.73 Å². The lowest BCUT2D eigenvalue weighted by Gasteiger charge is -2.09. The molecule has 0 saturated carbocycles. The smallest absolute Gasteiger partial charge is 0.195 e. The summed E-state index contributed by atoms with van der Waals surface area (Å²) in [6.45, 7) is 6.10. The Morgan fingerprint density at radius 3 is 2.58 bits per heavy atom. The SMILES string of the molecule is Cc1cc(CC(C)N)ccc1Sc1nnc(C)n1C. The highest BCUT2D eigenvalue weighted by Gasteiger charge is 2.09. The fraction of sp³-hybridized carbons (Fsp3) is 0.429. The molecule has 0 saturated heterocycles. The maximum absolute atomic E-state index is 5.83. The van der Waals surface area contributed by atoms with Crippen molar-refractivity contribution in [3.05, 3.63) is 35.2 Å². The molecule has 0 aliphatic rings. The zero-order valence-corrected chi connectivity index (χ0v) is 12.7. The number of benzene rings is 1. The van der Waals surface area contributed by atoms with E-state index in [1.165, 1.54) is 16.0 Å². The minimum Gasteiger partial charge on any atom is -0.328 e. The second kappa shape index (κ2) is 5.75. The van der Waals surface area contributed by atoms with Crippen molar-refractivity contribution in [1.82, 2.24) is 14.8 Å². The molecule has 0 spiro atoms. The highest BCUT2D eigenvalue weighted by molar-refractivity contribution is 7.99. The maximum atomic E-state index is 5.83. The third-order valence-corrected chi connectivity index (χ3v) is 4.27. The fourth-order valence-corrected chi connectivity index (χ4v) is 2.80. The van der Waals surface area contributed by atoms with E-state index < -0.39 is 0 Å². The molecule has 1 atom stereocenters. The summed E-state index contributed by atoms with van der Waals surface area (Å²) < 4.78 is 2.00. The van der Waals surface area contributed by atoms with Crippen LogP contribution in [0.1, 0.15) is 23.9 Å². The Morgan fingerprint density at radius 1 is 1.32 bits per heavy atom. The molecule has 0 bridgehead atoms. The maximum Gasteiger partial charge on any atom is 0.195 e. The summed E-state index contributed by atoms with van der Waals surface area (Å²) in [6, 6.07) is 6.68. The van der Waals surface area contributed by atoms with Gasteiger partial charge in [0.1, 0.15) is 5.82 Å². The molecule has 0 amide bonds. The van der Waals surface area contributed by atoms with Crippen molar-refractivity contribution >= 4 is 11.8 Å². The van der Waals surface area contributed by atoms with Crippen molar-refractivity contribution in [1.29, 1.82) is 0 Å². The molecule has 102 valence electrons. The highest BCUT2D eigenvalue weighted by Crippen LogP contribution is 2.29. The average molecular weight is 276 g/mol. The van der Waals surface area contributed by atoms with Gasteiger partial charge in [-0.05, 0) is 56.1 Å². The van der Waals surface area contributed by atoms with Gasteiger partial charge >= 0.3 is 0 Å². The lowest BCUT2D eigenvalue weighted by Crippen LogP contribution is -2.17. The van der Waals surface area contributed by atoms with E-state index in [1.54, 1.807) is 11.8 Å². The Hall–Kier alpha value is -1.33. The van der Waals surface area contributed by atoms with Gasteiger partial charge in [-0.3, -0.25) is 0 Å². The topological polar surface area (TPSA) is 56.7 Å². The van der Waals surface area contributed by atoms with Crippen LogP contribution in [0.3, 0.4) is 0 Å². The summed E-state index contributed by atoms with van der Waals surface area (Å²) in [5.41, 5.74) is 8.37. The van der Waals surface area contributed by atoms with Gasteiger partial charge in [-0.1, -0.05) is 12.1 Å². The van der Waals surface area contributed by atoms with Crippen molar-refractivity contribution < 1.29 is 0 Å². The number of hydrogen-bond donors (Lipinski definition) is 1. The first-order chi connectivity index (χ1) is 8.97. The zero-order valence-electron chi connectivity index (χ0n) is 11.8. The predicted octanol–water partition coefficient (Wildman–Crippen LogP) is 2.47. The van der Waals surface area contributed by atoms with E-state index in [4.69, 9.17) is 5.73 Å². The van der Waals surface area contributed by atoms with Gasteiger partial charge in [0.2, 0.25) is 0 Å². The van der Waals surface area contributed by atoms with Crippen LogP contribution in [0.15, 0.2) is 28.3 Å². The minimum atomic E-state index is 0.194. The molecule has 0 aliphatic carbocycles. The molecule has 0 radical (unpaired) electrons. The van der Waals surface area contributed by atoms with Gasteiger partial charge in [-0.2, -0.15) is 0 Å². The van der Waals surface area contributed by atoms with Gasteiger partial charge in [-0.15, -0.1) is 10.2 Å². The number of aromatic nitrogens is 3. The van der Waals surface area contributed by atoms with E-state index in [2.05, 4.69) is 35.3 Å². The van der Waals surface area contributed by atoms with Crippen LogP contribution in [-0.4, -0.2) is 20.8 Å². The molecule has 4 nitrogen and oxygen atoms in total. The molecule has 1 aromatic heterocycles. The van der Waals surface area contributed by atoms with E-state index in [0.29, 0.717) is 0 Å². The summed E-state index contributed by atoms with van der Waals surface area (Å²) in [6.07, 6.45) is 0.912. The molecule has 2 N–H and O–H groups in total. The second-order valence-electron chi connectivity index (χ2n) is 4.97. The van der Waals surface area contributed by atoms with Crippen molar-refractivity contribution in [3.8, 4) is 0 Å². The molecule has 1 heterocycles. The van der Waals surface area contributed by atoms with E-state index in [0.717, 1.165) is 17.4 Å². The first-order valence-electron chi connectivity index (χ1n) is 6.36. The molecule has 5 heteroatoms. The normalized spacial score (nSPS) is 12.7. The Kier molecular flexibility index (Phi) is 4.27. The first-order valence-corrected chi connectivity index (χ1v) is 7.18. The lowest BCUT2D eigenvalue weighted by atomic mass is 10.1. The van der Waals surface area contributed by atoms with Crippen LogP contribution in [0.2, 0.25) is 0 Å². The zero-order chi connectivity index (χ0) is 14.0. The largest absolute Gasteiger partial charge is 0.328 e. The van der Waals surface area contributed by atoms with Crippen LogP contribution in [0.5, 0.6) is 0 Å². The molecular formula is C14H20N4S. The standard InChI is InChI=1S/C14H20N4S/c1-9-7-12(8-10(2)15)5-6-13(9)19-14-17-16-11(3)18(14)4/h5-7,10H,8,15H2,1-4H3. The average Bonchev–Trinajstić information content (AvgIpc) is 2.64. The van der Waals surface area contributed by atoms with Gasteiger partial charge in [0.05, 0.1) is 0 Å². The van der Waals surface area contributed by atoms with Crippen molar-refractivity contribution in [2.75, 3.05) is 0 Å². The summed E-state index contributed by atoms with van der Waals surface area (Å²) >= 11 is 1.65. The van der Waals surface area contributed by atoms with Crippen molar-refractivity contribution in [2.45, 2.75) is 43.3 Å². The van der Waals surface area contributed by atoms with Crippen LogP contribution in [0, 0.1) is 13.8 Å². The molecule has 2 aromatic rings. The predicted molar refractivity (Wildman–Crippen MR) is 78.4 cm³/mol. The third kappa shape index (κ3) is 3.36. The van der Waals surface area contributed by atoms with Crippen LogP contribution in [0.25, 0.3) is 0 Å². The number of rotatable bonds is 4. The van der Waals surface area contributed by atoms with E-state index in [-0.39, 0.29) is 6.04 Å². The van der Waals surface area contributed by atoms with Gasteiger partial charge in [0.25, 0.3) is 0 Å². The third-order valence-electron chi connectivity index (χ3n) is 3.05. The molecule has 0 aliphatic heterocycles. The number of nitrogens with two attached hydrogens (primary N) is 1. The Morgan fingerprint density at radius 2 is 2.05 bits per heavy atom. The highest BCUT2D eigenvalue weighted by atomic mass is 32.2. The van der Waals surface area contributed by atoms with Gasteiger partial charge < -0.3 is 10.3 Å². The molecule has 2 rings (SSSR count). The first kappa shape index (κ1) is 14.1. The minimum absolute atomic E-state index is 0.194. The van der Waals surface area contributed by atoms with Gasteiger partial charge in [0, 0.05) is 18.0 Å². The number of nitrogens with zero attached hydrogens (tertiary/aromatic N) is 3. The second-order valence-corrected chi connectivity index (χ2v) is 5.98. The van der Waals surface area contributed by atoms with Gasteiger partial charge in [0.15, 0.2) is 5.16 Å². The van der Waals surface area contributed by atoms with Gasteiger partial charge in [-0.25, -0.2) is 0 Å². The molecule has 0 fully saturated rings. The summed E-state index contributed by atoms with van der Waals surface area (Å²) in [5, 5.41) is 9.17. The molecular weight excluding hydrogens is 256 g/mol. The Labute approximate surface area is 118 Å². The number of hydrogen-bond acceptors (Lipinski definition) is 4. The quantitative estimate of drug-likeness (QED) is 0.932. The lowest BCUT2D eigenvalue weighted by molar-refractivity contribution is 0.737. The van der Waals surface area contributed by atoms with Crippen LogP contribution in [0.4, 0.5) is 0 Å². The summed E-state index contributed by atoms with van der Waals surface area (Å²) in [7, 11) is 1.98. The van der Waals surface area contributed by atoms with E-state index >= 15 is 0 Å². The van der Waals surface area contributed by atoms with E-state index in [9.17, 15) is 0 Å².